The Kier molecular flexibility index (Phi) is 7.01. The minimum Gasteiger partial charge on any atom is -0.395 e. The summed E-state index contributed by atoms with van der Waals surface area (Å²) in [5, 5.41) is 30.0. The van der Waals surface area contributed by atoms with Crippen LogP contribution < -0.4 is 5.32 Å². The van der Waals surface area contributed by atoms with Crippen LogP contribution in [0, 0.1) is 12.3 Å². The summed E-state index contributed by atoms with van der Waals surface area (Å²) in [6.45, 7) is 0.664. The third kappa shape index (κ3) is 4.49. The number of aliphatic hydroxyl groups excluding tert-OH is 3. The van der Waals surface area contributed by atoms with Gasteiger partial charge in [0.15, 0.2) is 0 Å². The highest BCUT2D eigenvalue weighted by Gasteiger charge is 2.36. The summed E-state index contributed by atoms with van der Waals surface area (Å²) in [6, 6.07) is 8.08. The second-order valence-corrected chi connectivity index (χ2v) is 5.84. The summed E-state index contributed by atoms with van der Waals surface area (Å²) in [7, 11) is 0. The fourth-order valence-corrected chi connectivity index (χ4v) is 2.29. The minimum atomic E-state index is -1.51. The van der Waals surface area contributed by atoms with Crippen molar-refractivity contribution in [3.05, 3.63) is 29.8 Å². The van der Waals surface area contributed by atoms with Crippen LogP contribution in [0.2, 0.25) is 0 Å². The fourth-order valence-electron chi connectivity index (χ4n) is 1.52. The minimum absolute atomic E-state index is 0.402. The normalized spacial score (nSPS) is 11.4. The highest BCUT2D eigenvalue weighted by atomic mass is 32.2. The lowest BCUT2D eigenvalue weighted by Crippen LogP contribution is -2.49. The second kappa shape index (κ2) is 8.26. The number of thioether (sulfide) groups is 1. The molecule has 0 heterocycles. The Morgan fingerprint density at radius 1 is 1.15 bits per heavy atom. The number of carbonyl (C=O) groups excluding carboxylic acids is 1. The Hall–Kier alpha value is -1.08. The van der Waals surface area contributed by atoms with E-state index in [0.717, 1.165) is 4.90 Å². The quantitative estimate of drug-likeness (QED) is 0.406. The lowest BCUT2D eigenvalue weighted by Gasteiger charge is -2.25. The summed E-state index contributed by atoms with van der Waals surface area (Å²) in [5.41, 5.74) is -0.310. The number of nitrogens with one attached hydrogen (secondary N) is 1. The first kappa shape index (κ1) is 17.0. The molecule has 0 radical (unpaired) electrons. The molecule has 5 nitrogen and oxygen atoms in total. The van der Waals surface area contributed by atoms with Crippen molar-refractivity contribution in [3.8, 4) is 0 Å². The van der Waals surface area contributed by atoms with Crippen molar-refractivity contribution in [3.63, 3.8) is 0 Å². The highest BCUT2D eigenvalue weighted by molar-refractivity contribution is 7.99. The Morgan fingerprint density at radius 2 is 1.70 bits per heavy atom. The zero-order valence-electron chi connectivity index (χ0n) is 11.5. The van der Waals surface area contributed by atoms with Crippen molar-refractivity contribution in [2.24, 2.45) is 5.41 Å². The maximum absolute atomic E-state index is 11.8. The van der Waals surface area contributed by atoms with Crippen LogP contribution in [-0.4, -0.2) is 53.3 Å². The smallest absolute Gasteiger partial charge is 0.233 e. The maximum atomic E-state index is 11.8. The van der Waals surface area contributed by atoms with Crippen LogP contribution in [0.15, 0.2) is 29.2 Å². The number of rotatable bonds is 8. The molecule has 0 spiro atoms. The number of hydrogen-bond donors (Lipinski definition) is 4. The van der Waals surface area contributed by atoms with Crippen LogP contribution in [0.1, 0.15) is 5.56 Å². The van der Waals surface area contributed by atoms with Crippen molar-refractivity contribution in [1.82, 2.24) is 5.32 Å². The van der Waals surface area contributed by atoms with Crippen molar-refractivity contribution < 1.29 is 20.1 Å². The molecular weight excluding hydrogens is 278 g/mol. The Morgan fingerprint density at radius 3 is 2.20 bits per heavy atom. The van der Waals surface area contributed by atoms with Crippen LogP contribution >= 0.6 is 11.8 Å². The van der Waals surface area contributed by atoms with Gasteiger partial charge in [-0.2, -0.15) is 0 Å². The van der Waals surface area contributed by atoms with E-state index >= 15 is 0 Å². The van der Waals surface area contributed by atoms with E-state index in [4.69, 9.17) is 15.3 Å². The summed E-state index contributed by atoms with van der Waals surface area (Å²) >= 11 is 1.60. The van der Waals surface area contributed by atoms with E-state index in [9.17, 15) is 4.79 Å². The van der Waals surface area contributed by atoms with Crippen LogP contribution in [0.25, 0.3) is 0 Å². The van der Waals surface area contributed by atoms with Gasteiger partial charge in [0.05, 0.1) is 19.8 Å². The molecule has 112 valence electrons. The number of benzene rings is 1. The molecule has 6 heteroatoms. The van der Waals surface area contributed by atoms with Gasteiger partial charge in [-0.15, -0.1) is 11.8 Å². The number of aryl methyl sites for hydroxylation is 1. The lowest BCUT2D eigenvalue weighted by atomic mass is 9.90. The van der Waals surface area contributed by atoms with Crippen LogP contribution in [0.4, 0.5) is 0 Å². The molecule has 0 unspecified atom stereocenters. The molecule has 20 heavy (non-hydrogen) atoms. The topological polar surface area (TPSA) is 89.8 Å². The number of amides is 1. The summed E-state index contributed by atoms with van der Waals surface area (Å²) in [6.07, 6.45) is 0. The molecule has 0 atom stereocenters. The number of aliphatic hydroxyl groups is 3. The third-order valence-electron chi connectivity index (χ3n) is 3.07. The van der Waals surface area contributed by atoms with Crippen molar-refractivity contribution in [1.29, 1.82) is 0 Å². The molecule has 0 saturated heterocycles. The first-order valence-electron chi connectivity index (χ1n) is 6.38. The van der Waals surface area contributed by atoms with Gasteiger partial charge < -0.3 is 20.6 Å². The zero-order chi connectivity index (χ0) is 15.0. The van der Waals surface area contributed by atoms with Gasteiger partial charge >= 0.3 is 0 Å². The van der Waals surface area contributed by atoms with E-state index < -0.39 is 31.1 Å². The molecule has 0 aliphatic rings. The zero-order valence-corrected chi connectivity index (χ0v) is 12.3. The molecule has 0 aliphatic heterocycles. The van der Waals surface area contributed by atoms with E-state index in [1.807, 2.05) is 31.2 Å². The Bertz CT molecular complexity index is 409. The first-order chi connectivity index (χ1) is 9.57. The van der Waals surface area contributed by atoms with E-state index in [2.05, 4.69) is 5.32 Å². The van der Waals surface area contributed by atoms with Gasteiger partial charge in [0.2, 0.25) is 5.91 Å². The number of carbonyl (C=O) groups is 1. The molecule has 0 fully saturated rings. The lowest BCUT2D eigenvalue weighted by molar-refractivity contribution is -0.139. The average molecular weight is 299 g/mol. The summed E-state index contributed by atoms with van der Waals surface area (Å²) < 4.78 is 0. The van der Waals surface area contributed by atoms with Crippen LogP contribution in [0.3, 0.4) is 0 Å². The molecule has 1 amide bonds. The first-order valence-corrected chi connectivity index (χ1v) is 7.37. The van der Waals surface area contributed by atoms with Gasteiger partial charge in [-0.3, -0.25) is 4.79 Å². The largest absolute Gasteiger partial charge is 0.395 e. The van der Waals surface area contributed by atoms with Gasteiger partial charge in [0, 0.05) is 17.2 Å². The van der Waals surface area contributed by atoms with Gasteiger partial charge in [-0.1, -0.05) is 17.7 Å². The Balaban J connectivity index is 2.36. The molecule has 0 saturated carbocycles. The second-order valence-electron chi connectivity index (χ2n) is 4.67. The average Bonchev–Trinajstić information content (AvgIpc) is 2.48. The van der Waals surface area contributed by atoms with Gasteiger partial charge in [0.1, 0.15) is 5.41 Å². The van der Waals surface area contributed by atoms with Gasteiger partial charge in [0.25, 0.3) is 0 Å². The monoisotopic (exact) mass is 299 g/mol. The van der Waals surface area contributed by atoms with Crippen molar-refractivity contribution >= 4 is 17.7 Å². The third-order valence-corrected chi connectivity index (χ3v) is 4.08. The molecule has 0 bridgehead atoms. The predicted molar refractivity (Wildman–Crippen MR) is 78.6 cm³/mol. The molecule has 0 aromatic heterocycles. The van der Waals surface area contributed by atoms with Gasteiger partial charge in [-0.25, -0.2) is 0 Å². The Labute approximate surface area is 123 Å². The van der Waals surface area contributed by atoms with E-state index in [0.29, 0.717) is 12.3 Å². The molecule has 0 aliphatic carbocycles. The standard InChI is InChI=1S/C14H21NO4S/c1-11-2-4-12(5-3-11)20-7-6-15-13(19)14(8-16,9-17)10-18/h2-5,16-18H,6-10H2,1H3,(H,15,19). The molecule has 4 N–H and O–H groups in total. The predicted octanol–water partition coefficient (Wildman–Crippen LogP) is 0.167. The molecule has 1 aromatic carbocycles. The van der Waals surface area contributed by atoms with Crippen LogP contribution in [-0.2, 0) is 4.79 Å². The molecular formula is C14H21NO4S. The van der Waals surface area contributed by atoms with Gasteiger partial charge in [-0.05, 0) is 19.1 Å². The molecule has 1 aromatic rings. The molecule has 1 rings (SSSR count). The highest BCUT2D eigenvalue weighted by Crippen LogP contribution is 2.18. The van der Waals surface area contributed by atoms with E-state index in [1.165, 1.54) is 5.56 Å². The summed E-state index contributed by atoms with van der Waals surface area (Å²) in [4.78, 5) is 12.9. The van der Waals surface area contributed by atoms with Crippen LogP contribution in [0.5, 0.6) is 0 Å². The van der Waals surface area contributed by atoms with Crippen molar-refractivity contribution in [2.45, 2.75) is 11.8 Å². The maximum Gasteiger partial charge on any atom is 0.233 e. The number of hydrogen-bond acceptors (Lipinski definition) is 5. The SMILES string of the molecule is Cc1ccc(SCCNC(=O)C(CO)(CO)CO)cc1. The summed E-state index contributed by atoms with van der Waals surface area (Å²) in [5.74, 6) is 0.141. The van der Waals surface area contributed by atoms with E-state index in [1.54, 1.807) is 11.8 Å². The van der Waals surface area contributed by atoms with Crippen molar-refractivity contribution in [2.75, 3.05) is 32.1 Å². The van der Waals surface area contributed by atoms with E-state index in [-0.39, 0.29) is 0 Å². The fraction of sp³-hybridized carbons (Fsp3) is 0.500.